The van der Waals surface area contributed by atoms with Gasteiger partial charge in [0.1, 0.15) is 0 Å². The summed E-state index contributed by atoms with van der Waals surface area (Å²) in [5, 5.41) is 1.52. The fourth-order valence-corrected chi connectivity index (χ4v) is 3.95. The second-order valence-corrected chi connectivity index (χ2v) is 11.8. The Morgan fingerprint density at radius 2 is 1.18 bits per heavy atom. The van der Waals surface area contributed by atoms with Crippen molar-refractivity contribution < 1.29 is 0 Å². The quantitative estimate of drug-likeness (QED) is 0.623. The van der Waals surface area contributed by atoms with E-state index >= 15 is 0 Å². The van der Waals surface area contributed by atoms with E-state index in [0.717, 1.165) is 0 Å². The largest absolute Gasteiger partial charge is 0.0776 e. The molecule has 0 unspecified atom stereocenters. The topological polar surface area (TPSA) is 0 Å². The molecule has 0 saturated heterocycles. The van der Waals surface area contributed by atoms with Gasteiger partial charge in [-0.1, -0.05) is 104 Å². The van der Waals surface area contributed by atoms with Crippen molar-refractivity contribution in [2.45, 2.75) is 19.6 Å². The van der Waals surface area contributed by atoms with Crippen LogP contribution in [0.4, 0.5) is 0 Å². The highest BCUT2D eigenvalue weighted by molar-refractivity contribution is 6.83. The van der Waals surface area contributed by atoms with Gasteiger partial charge in [-0.3, -0.25) is 0 Å². The fourth-order valence-electron chi connectivity index (χ4n) is 2.77. The maximum Gasteiger partial charge on any atom is 0.0776 e. The third-order valence-electron chi connectivity index (χ3n) is 4.03. The van der Waals surface area contributed by atoms with Crippen LogP contribution in [0, 0.1) is 0 Å². The molecule has 3 rings (SSSR count). The zero-order chi connectivity index (χ0) is 15.6. The predicted molar refractivity (Wildman–Crippen MR) is 99.5 cm³/mol. The Labute approximate surface area is 134 Å². The molecule has 0 saturated carbocycles. The van der Waals surface area contributed by atoms with E-state index in [4.69, 9.17) is 0 Å². The van der Waals surface area contributed by atoms with Crippen LogP contribution < -0.4 is 0 Å². The lowest BCUT2D eigenvalue weighted by molar-refractivity contribution is 1.52. The summed E-state index contributed by atoms with van der Waals surface area (Å²) in [6, 6.07) is 21.4. The second-order valence-electron chi connectivity index (χ2n) is 6.75. The Morgan fingerprint density at radius 3 is 1.59 bits per heavy atom. The average Bonchev–Trinajstić information content (AvgIpc) is 2.99. The molecule has 0 amide bonds. The minimum atomic E-state index is -1.27. The number of allylic oxidation sites excluding steroid dienone is 5. The first kappa shape index (κ1) is 14.8. The zero-order valence-corrected chi connectivity index (χ0v) is 14.5. The predicted octanol–water partition coefficient (Wildman–Crippen LogP) is 5.86. The van der Waals surface area contributed by atoms with Crippen molar-refractivity contribution in [3.63, 3.8) is 0 Å². The molecule has 1 heteroatoms. The molecule has 0 N–H and O–H groups in total. The lowest BCUT2D eigenvalue weighted by Gasteiger charge is -2.15. The lowest BCUT2D eigenvalue weighted by atomic mass is 9.93. The molecule has 0 atom stereocenters. The summed E-state index contributed by atoms with van der Waals surface area (Å²) in [6.07, 6.45) is 6.98. The number of hydrogen-bond acceptors (Lipinski definition) is 0. The van der Waals surface area contributed by atoms with E-state index in [9.17, 15) is 0 Å². The Balaban J connectivity index is 2.18. The van der Waals surface area contributed by atoms with E-state index in [1.165, 1.54) is 27.5 Å². The Kier molecular flexibility index (Phi) is 3.99. The molecular formula is C21H22Si. The molecule has 0 fully saturated rings. The Hall–Kier alpha value is -2.12. The maximum absolute atomic E-state index is 2.40. The summed E-state index contributed by atoms with van der Waals surface area (Å²) >= 11 is 0. The van der Waals surface area contributed by atoms with Crippen molar-refractivity contribution in [2.75, 3.05) is 0 Å². The van der Waals surface area contributed by atoms with Gasteiger partial charge in [-0.25, -0.2) is 0 Å². The van der Waals surface area contributed by atoms with Crippen molar-refractivity contribution >= 4 is 13.6 Å². The van der Waals surface area contributed by atoms with Crippen LogP contribution in [-0.4, -0.2) is 8.07 Å². The van der Waals surface area contributed by atoms with Crippen molar-refractivity contribution in [1.82, 2.24) is 0 Å². The molecule has 1 aliphatic rings. The molecule has 2 aromatic rings. The highest BCUT2D eigenvalue weighted by Crippen LogP contribution is 2.33. The zero-order valence-electron chi connectivity index (χ0n) is 13.5. The van der Waals surface area contributed by atoms with Gasteiger partial charge in [-0.15, -0.1) is 0 Å². The van der Waals surface area contributed by atoms with Crippen LogP contribution in [0.15, 0.2) is 89.7 Å². The monoisotopic (exact) mass is 302 g/mol. The SMILES string of the molecule is C[Si](C)(C)C1=CC(=C(c2ccccc2)c2ccccc2)C=C1. The summed E-state index contributed by atoms with van der Waals surface area (Å²) in [4.78, 5) is 0. The smallest absolute Gasteiger partial charge is 0.0656 e. The number of rotatable bonds is 3. The van der Waals surface area contributed by atoms with Crippen LogP contribution in [0.1, 0.15) is 11.1 Å². The average molecular weight is 302 g/mol. The molecule has 2 aromatic carbocycles. The van der Waals surface area contributed by atoms with Crippen molar-refractivity contribution in [1.29, 1.82) is 0 Å². The van der Waals surface area contributed by atoms with Gasteiger partial charge in [0.15, 0.2) is 0 Å². The second kappa shape index (κ2) is 5.94. The highest BCUT2D eigenvalue weighted by Gasteiger charge is 2.21. The van der Waals surface area contributed by atoms with E-state index < -0.39 is 8.07 Å². The molecule has 0 radical (unpaired) electrons. The Bertz CT molecular complexity index is 700. The molecule has 22 heavy (non-hydrogen) atoms. The standard InChI is InChI=1S/C21H22Si/c1-22(2,3)20-15-14-19(16-20)21(17-10-6-4-7-11-17)18-12-8-5-9-13-18/h4-16H,1-3H3. The van der Waals surface area contributed by atoms with Gasteiger partial charge in [-0.05, 0) is 22.3 Å². The first-order valence-corrected chi connectivity index (χ1v) is 11.3. The highest BCUT2D eigenvalue weighted by atomic mass is 28.3. The minimum Gasteiger partial charge on any atom is -0.0656 e. The third kappa shape index (κ3) is 3.05. The van der Waals surface area contributed by atoms with Gasteiger partial charge in [-0.2, -0.15) is 0 Å². The molecule has 0 aromatic heterocycles. The van der Waals surface area contributed by atoms with Crippen LogP contribution >= 0.6 is 0 Å². The summed E-state index contributed by atoms with van der Waals surface area (Å²) < 4.78 is 0. The normalized spacial score (nSPS) is 14.1. The summed E-state index contributed by atoms with van der Waals surface area (Å²) in [5.74, 6) is 0. The summed E-state index contributed by atoms with van der Waals surface area (Å²) in [7, 11) is -1.27. The van der Waals surface area contributed by atoms with Crippen molar-refractivity contribution in [3.05, 3.63) is 101 Å². The van der Waals surface area contributed by atoms with Crippen molar-refractivity contribution in [3.8, 4) is 0 Å². The van der Waals surface area contributed by atoms with Crippen LogP contribution in [0.2, 0.25) is 19.6 Å². The summed E-state index contributed by atoms with van der Waals surface area (Å²) in [5.41, 5.74) is 5.21. The molecular weight excluding hydrogens is 280 g/mol. The van der Waals surface area contributed by atoms with Gasteiger partial charge >= 0.3 is 0 Å². The molecule has 0 nitrogen and oxygen atoms in total. The van der Waals surface area contributed by atoms with Gasteiger partial charge < -0.3 is 0 Å². The molecule has 0 aliphatic heterocycles. The number of benzene rings is 2. The molecule has 0 heterocycles. The van der Waals surface area contributed by atoms with Gasteiger partial charge in [0, 0.05) is 0 Å². The van der Waals surface area contributed by atoms with Gasteiger partial charge in [0.05, 0.1) is 8.07 Å². The molecule has 1 aliphatic carbocycles. The molecule has 0 spiro atoms. The number of hydrogen-bond donors (Lipinski definition) is 0. The molecule has 0 bridgehead atoms. The van der Waals surface area contributed by atoms with E-state index in [1.54, 1.807) is 0 Å². The first-order chi connectivity index (χ1) is 10.6. The van der Waals surface area contributed by atoms with Crippen LogP contribution in [0.3, 0.4) is 0 Å². The van der Waals surface area contributed by atoms with E-state index in [2.05, 4.69) is 98.5 Å². The summed E-state index contributed by atoms with van der Waals surface area (Å²) in [6.45, 7) is 7.20. The van der Waals surface area contributed by atoms with Gasteiger partial charge in [0.25, 0.3) is 0 Å². The van der Waals surface area contributed by atoms with Crippen LogP contribution in [-0.2, 0) is 0 Å². The first-order valence-electron chi connectivity index (χ1n) is 7.81. The lowest BCUT2D eigenvalue weighted by Crippen LogP contribution is -2.21. The minimum absolute atomic E-state index is 1.27. The van der Waals surface area contributed by atoms with Crippen LogP contribution in [0.5, 0.6) is 0 Å². The third-order valence-corrected chi connectivity index (χ3v) is 6.08. The fraction of sp³-hybridized carbons (Fsp3) is 0.143. The van der Waals surface area contributed by atoms with Gasteiger partial charge in [0.2, 0.25) is 0 Å². The van der Waals surface area contributed by atoms with E-state index in [-0.39, 0.29) is 0 Å². The van der Waals surface area contributed by atoms with E-state index in [0.29, 0.717) is 0 Å². The Morgan fingerprint density at radius 1 is 0.682 bits per heavy atom. The van der Waals surface area contributed by atoms with E-state index in [1.807, 2.05) is 0 Å². The van der Waals surface area contributed by atoms with Crippen molar-refractivity contribution in [2.24, 2.45) is 0 Å². The van der Waals surface area contributed by atoms with Crippen LogP contribution in [0.25, 0.3) is 5.57 Å². The maximum atomic E-state index is 2.40. The molecule has 110 valence electrons.